The van der Waals surface area contributed by atoms with Crippen molar-refractivity contribution >= 4 is 23.4 Å². The first-order valence-corrected chi connectivity index (χ1v) is 22.5. The minimum absolute atomic E-state index is 0.0274. The summed E-state index contributed by atoms with van der Waals surface area (Å²) in [7, 11) is 0. The van der Waals surface area contributed by atoms with Crippen LogP contribution in [0.4, 0.5) is 5.69 Å². The molecule has 326 valence electrons. The van der Waals surface area contributed by atoms with Crippen LogP contribution in [0.3, 0.4) is 0 Å². The number of phenolic OH excluding ortho intramolecular Hbond substituents is 1. The zero-order valence-electron chi connectivity index (χ0n) is 35.2. The smallest absolute Gasteiger partial charge is 0.334 e. The van der Waals surface area contributed by atoms with Crippen LogP contribution in [0.1, 0.15) is 110 Å². The molecule has 62 heavy (non-hydrogen) atoms. The van der Waals surface area contributed by atoms with Gasteiger partial charge in [0.05, 0.1) is 31.2 Å². The number of phenols is 1. The van der Waals surface area contributed by atoms with E-state index in [1.165, 1.54) is 12.1 Å². The average molecular weight is 844 g/mol. The number of aromatic hydroxyl groups is 1. The quantitative estimate of drug-likeness (QED) is 0.101. The Balaban J connectivity index is 1.26. The van der Waals surface area contributed by atoms with Gasteiger partial charge in [0.2, 0.25) is 0 Å². The van der Waals surface area contributed by atoms with E-state index in [4.69, 9.17) is 9.47 Å². The summed E-state index contributed by atoms with van der Waals surface area (Å²) in [5.41, 5.74) is 3.27. The van der Waals surface area contributed by atoms with E-state index in [2.05, 4.69) is 17.2 Å². The lowest BCUT2D eigenvalue weighted by Crippen LogP contribution is -2.65. The number of hydrogen-bond donors (Lipinski definition) is 6. The molecule has 11 nitrogen and oxygen atoms in total. The van der Waals surface area contributed by atoms with Crippen molar-refractivity contribution in [2.75, 3.05) is 11.9 Å². The van der Waals surface area contributed by atoms with Gasteiger partial charge in [-0.3, -0.25) is 9.59 Å². The fourth-order valence-electron chi connectivity index (χ4n) is 12.0. The first-order chi connectivity index (χ1) is 29.9. The van der Waals surface area contributed by atoms with Crippen LogP contribution < -0.4 is 10.1 Å². The lowest BCUT2D eigenvalue weighted by atomic mass is 9.48. The molecule has 3 aromatic rings. The van der Waals surface area contributed by atoms with Crippen molar-refractivity contribution in [2.45, 2.75) is 126 Å². The van der Waals surface area contributed by atoms with Crippen molar-refractivity contribution in [3.05, 3.63) is 99.6 Å². The van der Waals surface area contributed by atoms with E-state index in [9.17, 15) is 35.1 Å². The first-order valence-electron chi connectivity index (χ1n) is 22.5. The van der Waals surface area contributed by atoms with Gasteiger partial charge in [-0.1, -0.05) is 61.4 Å². The van der Waals surface area contributed by atoms with Crippen LogP contribution >= 0.6 is 0 Å². The number of aliphatic hydroxyl groups is 4. The molecule has 0 amide bonds. The number of ketones is 1. The van der Waals surface area contributed by atoms with Crippen molar-refractivity contribution in [1.82, 2.24) is 0 Å². The van der Waals surface area contributed by atoms with Gasteiger partial charge in [-0.15, -0.1) is 0 Å². The molecule has 3 heterocycles. The lowest BCUT2D eigenvalue weighted by molar-refractivity contribution is -0.228. The highest BCUT2D eigenvalue weighted by atomic mass is 16.6. The number of hydrogen-bond acceptors (Lipinski definition) is 11. The molecule has 6 N–H and O–H groups in total. The monoisotopic (exact) mass is 843 g/mol. The molecule has 9 rings (SSSR count). The van der Waals surface area contributed by atoms with Crippen molar-refractivity contribution in [1.29, 1.82) is 0 Å². The summed E-state index contributed by atoms with van der Waals surface area (Å²) in [4.78, 5) is 42.3. The molecule has 0 saturated heterocycles. The van der Waals surface area contributed by atoms with Crippen molar-refractivity contribution in [3.63, 3.8) is 0 Å². The third-order valence-electron chi connectivity index (χ3n) is 14.8. The molecule has 3 fully saturated rings. The Kier molecular flexibility index (Phi) is 11.8. The van der Waals surface area contributed by atoms with Crippen LogP contribution in [0.25, 0.3) is 0 Å². The van der Waals surface area contributed by atoms with E-state index < -0.39 is 47.7 Å². The number of carbonyl (C=O) groups is 3. The Morgan fingerprint density at radius 2 is 1.69 bits per heavy atom. The fraction of sp³-hybridized carbons (Fsp3) is 0.510. The standard InChI is InChI=1S/C51H57NO10/c1-28(54)26-52-38-15-31(27-53)14-35(19-38)32-9-10-33-24-49(58)61-47-25-46(57)36(22-40(33)47)23-48-51(60)43-8-3-2-7-34(43)21-41-42(45(56)12-11-44(41)51)17-30-6-4-5-29(13-30)16-39(55)20-37(18-32)50(59)62-48/h4-6,13-15,19-20,22,25,28,32-34,39,41-44,48,52-55,57,60H,2-3,7-8,11-12,16-18,21,23-24,26-27H2,1H3/b37-20-/t28-,32-,33+,34-,39+,41+,42-,43+,44+,48+,51-/m0/s1. The SMILES string of the molecule is C[C@H](O)CNc1cc(CO)cc([C@H]2C#C[C@@H]3CC(=O)Oc4cc(O)c(cc43)C[C@H]3OC(=O)/C(=C\[C@H](O)Cc4cccc(c4)C[C@@H]4C(=O)CC[C@@H]5[C@@H]4C[C@@H]4CCCC[C@H]4[C@]53O)C2)c1. The topological polar surface area (TPSA) is 183 Å². The summed E-state index contributed by atoms with van der Waals surface area (Å²) >= 11 is 0. The molecule has 11 heteroatoms. The molecule has 3 saturated carbocycles. The van der Waals surface area contributed by atoms with Crippen LogP contribution in [-0.2, 0) is 45.0 Å². The zero-order chi connectivity index (χ0) is 43.3. The Bertz CT molecular complexity index is 2340. The van der Waals surface area contributed by atoms with Gasteiger partial charge < -0.3 is 40.3 Å². The minimum Gasteiger partial charge on any atom is -0.508 e. The van der Waals surface area contributed by atoms with E-state index in [-0.39, 0.29) is 91.3 Å². The second-order valence-corrected chi connectivity index (χ2v) is 18.9. The van der Waals surface area contributed by atoms with Crippen LogP contribution in [0.5, 0.6) is 11.5 Å². The van der Waals surface area contributed by atoms with E-state index in [0.29, 0.717) is 47.2 Å². The lowest BCUT2D eigenvalue weighted by Gasteiger charge is -2.59. The van der Waals surface area contributed by atoms with Gasteiger partial charge in [0.15, 0.2) is 0 Å². The van der Waals surface area contributed by atoms with Gasteiger partial charge in [0, 0.05) is 60.5 Å². The van der Waals surface area contributed by atoms with Crippen LogP contribution in [-0.4, -0.2) is 73.7 Å². The molecular formula is C51H57NO10. The Morgan fingerprint density at radius 3 is 2.50 bits per heavy atom. The van der Waals surface area contributed by atoms with E-state index >= 15 is 4.79 Å². The predicted octanol–water partition coefficient (Wildman–Crippen LogP) is 5.95. The van der Waals surface area contributed by atoms with Crippen LogP contribution in [0.15, 0.2) is 66.2 Å². The Labute approximate surface area is 362 Å². The van der Waals surface area contributed by atoms with Gasteiger partial charge in [-0.2, -0.15) is 0 Å². The number of Topliss-reactive ketones (excluding diaryl/α,β-unsaturated/α-hetero) is 1. The summed E-state index contributed by atoms with van der Waals surface area (Å²) in [5, 5.41) is 61.0. The molecule has 0 radical (unpaired) electrons. The highest BCUT2D eigenvalue weighted by molar-refractivity contribution is 5.89. The number of fused-ring (bicyclic) bond motifs is 9. The van der Waals surface area contributed by atoms with Gasteiger partial charge >= 0.3 is 11.9 Å². The highest BCUT2D eigenvalue weighted by Gasteiger charge is 2.62. The number of benzene rings is 3. The number of anilines is 1. The Hall–Kier alpha value is -4.99. The van der Waals surface area contributed by atoms with Gasteiger partial charge in [0.25, 0.3) is 0 Å². The third-order valence-corrected chi connectivity index (χ3v) is 14.8. The molecular weight excluding hydrogens is 787 g/mol. The largest absolute Gasteiger partial charge is 0.508 e. The molecule has 3 aliphatic carbocycles. The summed E-state index contributed by atoms with van der Waals surface area (Å²) in [6, 6.07) is 16.6. The van der Waals surface area contributed by atoms with Crippen molar-refractivity contribution in [2.24, 2.45) is 29.6 Å². The second-order valence-electron chi connectivity index (χ2n) is 18.9. The minimum atomic E-state index is -1.57. The number of aliphatic hydroxyl groups excluding tert-OH is 3. The maximum atomic E-state index is 15.2. The summed E-state index contributed by atoms with van der Waals surface area (Å²) in [6.45, 7) is 1.62. The van der Waals surface area contributed by atoms with E-state index in [1.54, 1.807) is 19.1 Å². The molecule has 3 aromatic carbocycles. The molecule has 11 atom stereocenters. The zero-order valence-corrected chi connectivity index (χ0v) is 35.2. The summed E-state index contributed by atoms with van der Waals surface area (Å²) < 4.78 is 12.4. The molecule has 6 aliphatic rings. The van der Waals surface area contributed by atoms with Gasteiger partial charge in [0.1, 0.15) is 29.0 Å². The number of carbonyl (C=O) groups excluding carboxylic acids is 3. The third kappa shape index (κ3) is 8.30. The Morgan fingerprint density at radius 1 is 0.903 bits per heavy atom. The summed E-state index contributed by atoms with van der Waals surface area (Å²) in [5.74, 6) is 3.32. The van der Waals surface area contributed by atoms with Gasteiger partial charge in [-0.25, -0.2) is 4.79 Å². The van der Waals surface area contributed by atoms with Crippen LogP contribution in [0.2, 0.25) is 0 Å². The maximum absolute atomic E-state index is 15.2. The number of nitrogens with one attached hydrogen (secondary N) is 1. The van der Waals surface area contributed by atoms with Crippen LogP contribution in [0, 0.1) is 41.4 Å². The van der Waals surface area contributed by atoms with E-state index in [0.717, 1.165) is 43.2 Å². The number of ether oxygens (including phenoxy) is 2. The van der Waals surface area contributed by atoms with Crippen molar-refractivity contribution < 1.29 is 49.4 Å². The first kappa shape index (κ1) is 42.3. The van der Waals surface area contributed by atoms with Crippen molar-refractivity contribution in [3.8, 4) is 23.3 Å². The highest BCUT2D eigenvalue weighted by Crippen LogP contribution is 2.58. The predicted molar refractivity (Wildman–Crippen MR) is 230 cm³/mol. The molecule has 0 aromatic heterocycles. The normalized spacial score (nSPS) is 33.1. The second kappa shape index (κ2) is 17.3. The average Bonchev–Trinajstić information content (AvgIpc) is 3.25. The number of esters is 2. The molecule has 0 spiro atoms. The molecule has 0 unspecified atom stereocenters. The molecule has 10 bridgehead atoms. The fourth-order valence-corrected chi connectivity index (χ4v) is 12.0. The van der Waals surface area contributed by atoms with E-state index in [1.807, 2.05) is 36.4 Å². The summed E-state index contributed by atoms with van der Waals surface area (Å²) in [6.07, 6.45) is 4.24. The maximum Gasteiger partial charge on any atom is 0.334 e. The van der Waals surface area contributed by atoms with Gasteiger partial charge in [-0.05, 0) is 115 Å². The molecule has 3 aliphatic heterocycles. The number of rotatable bonds is 5.